The molecule has 3 aromatic carbocycles. The number of thiazole rings is 1. The van der Waals surface area contributed by atoms with Crippen molar-refractivity contribution in [3.8, 4) is 23.0 Å². The van der Waals surface area contributed by atoms with Crippen molar-refractivity contribution in [1.82, 2.24) is 4.57 Å². The van der Waals surface area contributed by atoms with Gasteiger partial charge in [-0.3, -0.25) is 9.36 Å². The van der Waals surface area contributed by atoms with Crippen LogP contribution >= 0.6 is 22.9 Å². The molecule has 2 aliphatic heterocycles. The van der Waals surface area contributed by atoms with E-state index in [1.807, 2.05) is 0 Å². The minimum Gasteiger partial charge on any atom is -0.493 e. The van der Waals surface area contributed by atoms with Crippen LogP contribution in [0.25, 0.3) is 6.08 Å². The second-order valence-electron chi connectivity index (χ2n) is 10.2. The molecule has 11 nitrogen and oxygen atoms in total. The fourth-order valence-corrected chi connectivity index (χ4v) is 6.57. The quantitative estimate of drug-likeness (QED) is 0.258. The van der Waals surface area contributed by atoms with Gasteiger partial charge in [-0.2, -0.15) is 0 Å². The Kier molecular flexibility index (Phi) is 8.57. The summed E-state index contributed by atoms with van der Waals surface area (Å²) in [6.45, 7) is 3.72. The molecule has 1 N–H and O–H groups in total. The summed E-state index contributed by atoms with van der Waals surface area (Å²) in [5.74, 6) is 0.0578. The summed E-state index contributed by atoms with van der Waals surface area (Å²) in [5.41, 5.74) is 2.30. The second-order valence-corrected chi connectivity index (χ2v) is 11.7. The van der Waals surface area contributed by atoms with E-state index in [0.717, 1.165) is 0 Å². The van der Waals surface area contributed by atoms with E-state index in [2.05, 4.69) is 4.99 Å². The molecule has 0 spiro atoms. The lowest BCUT2D eigenvalue weighted by molar-refractivity contribution is -0.139. The first-order valence-electron chi connectivity index (χ1n) is 14.1. The molecule has 1 aromatic heterocycles. The highest BCUT2D eigenvalue weighted by atomic mass is 35.5. The summed E-state index contributed by atoms with van der Waals surface area (Å²) in [6.07, 6.45) is 1.67. The van der Waals surface area contributed by atoms with Crippen LogP contribution in [0, 0.1) is 0 Å². The molecule has 1 atom stereocenters. The number of carbonyl (C=O) groups is 2. The SMILES string of the molecule is CCOC(=O)C1=C(C)N=c2s/c(=C/c3cc(Cl)c(OCc4cccc(C(=O)O)c4)c(OC)c3)c(=O)n2[C@H]1c1ccc2c(c1)OCO2. The first-order chi connectivity index (χ1) is 22.2. The Morgan fingerprint density at radius 1 is 1.15 bits per heavy atom. The third kappa shape index (κ3) is 5.84. The molecule has 0 bridgehead atoms. The van der Waals surface area contributed by atoms with Crippen molar-refractivity contribution >= 4 is 41.0 Å². The summed E-state index contributed by atoms with van der Waals surface area (Å²) in [6, 6.07) is 14.2. The number of benzene rings is 3. The molecule has 0 radical (unpaired) electrons. The van der Waals surface area contributed by atoms with Gasteiger partial charge in [-0.25, -0.2) is 14.6 Å². The van der Waals surface area contributed by atoms with Gasteiger partial charge in [0.15, 0.2) is 27.8 Å². The number of ether oxygens (including phenoxy) is 5. The predicted octanol–water partition coefficient (Wildman–Crippen LogP) is 4.47. The van der Waals surface area contributed by atoms with E-state index in [9.17, 15) is 19.5 Å². The average molecular weight is 663 g/mol. The van der Waals surface area contributed by atoms with Gasteiger partial charge < -0.3 is 28.8 Å². The fraction of sp³-hybridized carbons (Fsp3) is 0.212. The molecule has 0 unspecified atom stereocenters. The lowest BCUT2D eigenvalue weighted by atomic mass is 9.95. The number of carboxylic acids is 1. The van der Waals surface area contributed by atoms with E-state index in [-0.39, 0.29) is 47.5 Å². The Bertz CT molecular complexity index is 2100. The Balaban J connectivity index is 1.39. The maximum absolute atomic E-state index is 14.0. The van der Waals surface area contributed by atoms with Crippen molar-refractivity contribution in [3.63, 3.8) is 0 Å². The van der Waals surface area contributed by atoms with Crippen molar-refractivity contribution in [2.24, 2.45) is 4.99 Å². The number of nitrogens with zero attached hydrogens (tertiary/aromatic N) is 2. The summed E-state index contributed by atoms with van der Waals surface area (Å²) in [4.78, 5) is 43.6. The first-order valence-corrected chi connectivity index (χ1v) is 15.3. The molecule has 0 aliphatic carbocycles. The number of hydrogen-bond donors (Lipinski definition) is 1. The van der Waals surface area contributed by atoms with Crippen molar-refractivity contribution in [2.75, 3.05) is 20.5 Å². The summed E-state index contributed by atoms with van der Waals surface area (Å²) in [7, 11) is 1.46. The molecule has 0 amide bonds. The maximum atomic E-state index is 14.0. The minimum atomic E-state index is -1.04. The van der Waals surface area contributed by atoms with Crippen molar-refractivity contribution in [3.05, 3.63) is 113 Å². The van der Waals surface area contributed by atoms with Crippen molar-refractivity contribution in [2.45, 2.75) is 26.5 Å². The molecule has 3 heterocycles. The number of esters is 1. The molecule has 0 saturated heterocycles. The topological polar surface area (TPSA) is 135 Å². The highest BCUT2D eigenvalue weighted by molar-refractivity contribution is 7.07. The van der Waals surface area contributed by atoms with Gasteiger partial charge in [0.2, 0.25) is 6.79 Å². The molecule has 4 aromatic rings. The van der Waals surface area contributed by atoms with Gasteiger partial charge in [0.1, 0.15) is 6.61 Å². The number of methoxy groups -OCH3 is 1. The van der Waals surface area contributed by atoms with E-state index in [1.165, 1.54) is 35.1 Å². The zero-order chi connectivity index (χ0) is 32.5. The largest absolute Gasteiger partial charge is 0.493 e. The lowest BCUT2D eigenvalue weighted by Crippen LogP contribution is -2.39. The van der Waals surface area contributed by atoms with Crippen LogP contribution in [0.2, 0.25) is 5.02 Å². The monoisotopic (exact) mass is 662 g/mol. The first kappa shape index (κ1) is 30.9. The second kappa shape index (κ2) is 12.7. The van der Waals surface area contributed by atoms with Crippen LogP contribution in [0.4, 0.5) is 0 Å². The fourth-order valence-electron chi connectivity index (χ4n) is 5.25. The molecular weight excluding hydrogens is 636 g/mol. The van der Waals surface area contributed by atoms with Gasteiger partial charge >= 0.3 is 11.9 Å². The Morgan fingerprint density at radius 2 is 1.96 bits per heavy atom. The number of halogens is 1. The molecule has 13 heteroatoms. The lowest BCUT2D eigenvalue weighted by Gasteiger charge is -2.24. The van der Waals surface area contributed by atoms with E-state index in [1.54, 1.807) is 62.4 Å². The molecule has 2 aliphatic rings. The third-order valence-electron chi connectivity index (χ3n) is 7.34. The zero-order valence-corrected chi connectivity index (χ0v) is 26.4. The molecule has 0 fully saturated rings. The number of aromatic nitrogens is 1. The Labute approximate surface area is 271 Å². The van der Waals surface area contributed by atoms with Crippen molar-refractivity contribution in [1.29, 1.82) is 0 Å². The number of aromatic carboxylic acids is 1. The van der Waals surface area contributed by atoms with Gasteiger partial charge in [-0.15, -0.1) is 0 Å². The van der Waals surface area contributed by atoms with Crippen LogP contribution < -0.4 is 33.8 Å². The van der Waals surface area contributed by atoms with Crippen LogP contribution in [-0.4, -0.2) is 42.1 Å². The van der Waals surface area contributed by atoms with Gasteiger partial charge in [0.25, 0.3) is 5.56 Å². The number of hydrogen-bond acceptors (Lipinski definition) is 10. The van der Waals surface area contributed by atoms with Gasteiger partial charge in [0.05, 0.1) is 46.1 Å². The van der Waals surface area contributed by atoms with Crippen molar-refractivity contribution < 1.29 is 38.4 Å². The van der Waals surface area contributed by atoms with Gasteiger partial charge in [-0.05, 0) is 73.0 Å². The number of carbonyl (C=O) groups excluding carboxylic acids is 1. The smallest absolute Gasteiger partial charge is 0.338 e. The Hall–Kier alpha value is -5.07. The highest BCUT2D eigenvalue weighted by Gasteiger charge is 2.34. The molecule has 0 saturated carbocycles. The predicted molar refractivity (Wildman–Crippen MR) is 169 cm³/mol. The van der Waals surface area contributed by atoms with Crippen LogP contribution in [0.5, 0.6) is 23.0 Å². The standard InChI is InChI=1S/C33H27ClN2O9S/c1-4-42-32(40)27-17(2)35-33-36(28(27)20-8-9-23-24(14-20)45-16-44-23)30(37)26(46-33)13-19-11-22(34)29(25(12-19)41-3)43-15-18-6-5-7-21(10-18)31(38)39/h5-14,28H,4,15-16H2,1-3H3,(H,38,39)/b26-13+/t28-/m0/s1. The summed E-state index contributed by atoms with van der Waals surface area (Å²) in [5, 5.41) is 9.51. The normalized spacial score (nSPS) is 15.3. The number of rotatable bonds is 9. The van der Waals surface area contributed by atoms with Crippen LogP contribution in [0.1, 0.15) is 46.9 Å². The van der Waals surface area contributed by atoms with E-state index in [4.69, 9.17) is 35.3 Å². The number of allylic oxidation sites excluding steroid dienone is 1. The Morgan fingerprint density at radius 3 is 2.72 bits per heavy atom. The van der Waals surface area contributed by atoms with E-state index >= 15 is 0 Å². The van der Waals surface area contributed by atoms with Gasteiger partial charge in [0, 0.05) is 0 Å². The molecule has 46 heavy (non-hydrogen) atoms. The molecular formula is C33H27ClN2O9S. The van der Waals surface area contributed by atoms with Gasteiger partial charge in [-0.1, -0.05) is 41.1 Å². The zero-order valence-electron chi connectivity index (χ0n) is 24.9. The van der Waals surface area contributed by atoms with E-state index in [0.29, 0.717) is 49.0 Å². The van der Waals surface area contributed by atoms with Crippen LogP contribution in [0.15, 0.2) is 75.7 Å². The number of fused-ring (bicyclic) bond motifs is 2. The summed E-state index contributed by atoms with van der Waals surface area (Å²) < 4.78 is 29.7. The average Bonchev–Trinajstić information content (AvgIpc) is 3.63. The van der Waals surface area contributed by atoms with Crippen LogP contribution in [0.3, 0.4) is 0 Å². The highest BCUT2D eigenvalue weighted by Crippen LogP contribution is 2.39. The third-order valence-corrected chi connectivity index (χ3v) is 8.60. The minimum absolute atomic E-state index is 0.0527. The maximum Gasteiger partial charge on any atom is 0.338 e. The van der Waals surface area contributed by atoms with E-state index < -0.39 is 18.0 Å². The number of carboxylic acid groups (broad SMARTS) is 1. The van der Waals surface area contributed by atoms with Crippen LogP contribution in [-0.2, 0) is 16.1 Å². The molecule has 6 rings (SSSR count). The summed E-state index contributed by atoms with van der Waals surface area (Å²) >= 11 is 7.79. The molecule has 236 valence electrons.